The fourth-order valence-corrected chi connectivity index (χ4v) is 4.41. The zero-order valence-electron chi connectivity index (χ0n) is 8.04. The van der Waals surface area contributed by atoms with Crippen molar-refractivity contribution in [3.8, 4) is 0 Å². The summed E-state index contributed by atoms with van der Waals surface area (Å²) in [6.45, 7) is 0. The molecule has 0 radical (unpaired) electrons. The van der Waals surface area contributed by atoms with Crippen molar-refractivity contribution in [2.24, 2.45) is 11.3 Å². The minimum absolute atomic E-state index is 0.0437. The van der Waals surface area contributed by atoms with Gasteiger partial charge in [0.1, 0.15) is 0 Å². The first-order chi connectivity index (χ1) is 6.29. The highest BCUT2D eigenvalue weighted by atomic mass is 32.2. The summed E-state index contributed by atoms with van der Waals surface area (Å²) in [6, 6.07) is 0. The number of fused-ring (bicyclic) bond motifs is 1. The van der Waals surface area contributed by atoms with Crippen molar-refractivity contribution in [2.75, 3.05) is 18.6 Å². The molecule has 0 aromatic carbocycles. The Balaban J connectivity index is 2.20. The van der Waals surface area contributed by atoms with Crippen LogP contribution in [0, 0.1) is 11.3 Å². The number of hydrogen-bond acceptors (Lipinski definition) is 3. The van der Waals surface area contributed by atoms with E-state index in [4.69, 9.17) is 4.74 Å². The number of thioether (sulfide) groups is 1. The van der Waals surface area contributed by atoms with Crippen LogP contribution >= 0.6 is 11.8 Å². The van der Waals surface area contributed by atoms with E-state index in [2.05, 4.69) is 0 Å². The Hall–Kier alpha value is -0.180. The zero-order chi connectivity index (χ0) is 9.31. The van der Waals surface area contributed by atoms with Crippen molar-refractivity contribution in [3.05, 3.63) is 0 Å². The van der Waals surface area contributed by atoms with Crippen LogP contribution in [0.1, 0.15) is 25.7 Å². The normalized spacial score (nSPS) is 38.4. The Morgan fingerprint density at radius 1 is 1.54 bits per heavy atom. The molecule has 1 saturated heterocycles. The molecule has 13 heavy (non-hydrogen) atoms. The second-order valence-corrected chi connectivity index (χ2v) is 5.14. The fourth-order valence-electron chi connectivity index (χ4n) is 2.66. The minimum atomic E-state index is -0.0995. The minimum Gasteiger partial charge on any atom is -0.469 e. The number of rotatable bonds is 1. The SMILES string of the molecule is COC(=O)C12CCCCC1CSC2. The second-order valence-electron chi connectivity index (χ2n) is 4.11. The van der Waals surface area contributed by atoms with E-state index in [1.165, 1.54) is 26.4 Å². The van der Waals surface area contributed by atoms with Gasteiger partial charge in [-0.3, -0.25) is 4.79 Å². The third kappa shape index (κ3) is 1.37. The van der Waals surface area contributed by atoms with Crippen molar-refractivity contribution < 1.29 is 9.53 Å². The van der Waals surface area contributed by atoms with E-state index in [0.717, 1.165) is 17.9 Å². The maximum atomic E-state index is 11.7. The van der Waals surface area contributed by atoms with Gasteiger partial charge in [0.25, 0.3) is 0 Å². The molecule has 0 aromatic heterocycles. The van der Waals surface area contributed by atoms with Crippen LogP contribution in [-0.2, 0) is 9.53 Å². The molecule has 2 atom stereocenters. The van der Waals surface area contributed by atoms with Crippen LogP contribution in [0.15, 0.2) is 0 Å². The van der Waals surface area contributed by atoms with Crippen LogP contribution in [0.2, 0.25) is 0 Å². The van der Waals surface area contributed by atoms with Crippen LogP contribution in [0.3, 0.4) is 0 Å². The van der Waals surface area contributed by atoms with Crippen LogP contribution < -0.4 is 0 Å². The predicted octanol–water partition coefficient (Wildman–Crippen LogP) is 2.08. The van der Waals surface area contributed by atoms with Gasteiger partial charge in [-0.1, -0.05) is 12.8 Å². The fraction of sp³-hybridized carbons (Fsp3) is 0.900. The van der Waals surface area contributed by atoms with Gasteiger partial charge in [-0.15, -0.1) is 0 Å². The molecule has 1 aliphatic carbocycles. The maximum absolute atomic E-state index is 11.7. The molecule has 74 valence electrons. The Kier molecular flexibility index (Phi) is 2.54. The molecule has 3 heteroatoms. The highest BCUT2D eigenvalue weighted by Crippen LogP contribution is 2.50. The van der Waals surface area contributed by atoms with Gasteiger partial charge in [-0.05, 0) is 24.5 Å². The summed E-state index contributed by atoms with van der Waals surface area (Å²) >= 11 is 1.92. The molecule has 2 fully saturated rings. The summed E-state index contributed by atoms with van der Waals surface area (Å²) < 4.78 is 4.94. The molecule has 2 unspecified atom stereocenters. The Labute approximate surface area is 83.4 Å². The molecule has 2 nitrogen and oxygen atoms in total. The Bertz CT molecular complexity index is 217. The number of carbonyl (C=O) groups is 1. The molecular formula is C10H16O2S. The van der Waals surface area contributed by atoms with Crippen molar-refractivity contribution in [1.29, 1.82) is 0 Å². The van der Waals surface area contributed by atoms with Gasteiger partial charge in [0.05, 0.1) is 12.5 Å². The van der Waals surface area contributed by atoms with Crippen LogP contribution in [0.25, 0.3) is 0 Å². The van der Waals surface area contributed by atoms with Gasteiger partial charge in [-0.2, -0.15) is 11.8 Å². The van der Waals surface area contributed by atoms with E-state index in [0.29, 0.717) is 5.92 Å². The molecule has 0 amide bonds. The monoisotopic (exact) mass is 200 g/mol. The van der Waals surface area contributed by atoms with Crippen molar-refractivity contribution in [1.82, 2.24) is 0 Å². The van der Waals surface area contributed by atoms with E-state index < -0.39 is 0 Å². The predicted molar refractivity (Wildman–Crippen MR) is 53.7 cm³/mol. The molecule has 0 spiro atoms. The third-order valence-corrected chi connectivity index (χ3v) is 4.83. The number of methoxy groups -OCH3 is 1. The lowest BCUT2D eigenvalue weighted by atomic mass is 9.68. The summed E-state index contributed by atoms with van der Waals surface area (Å²) in [5.74, 6) is 2.79. The van der Waals surface area contributed by atoms with E-state index in [9.17, 15) is 4.79 Å². The van der Waals surface area contributed by atoms with Gasteiger partial charge in [-0.25, -0.2) is 0 Å². The molecule has 1 heterocycles. The van der Waals surface area contributed by atoms with Gasteiger partial charge in [0, 0.05) is 5.75 Å². The van der Waals surface area contributed by atoms with Crippen LogP contribution in [-0.4, -0.2) is 24.6 Å². The van der Waals surface area contributed by atoms with E-state index in [1.54, 1.807) is 0 Å². The average molecular weight is 200 g/mol. The summed E-state index contributed by atoms with van der Waals surface area (Å²) in [7, 11) is 1.52. The zero-order valence-corrected chi connectivity index (χ0v) is 8.86. The van der Waals surface area contributed by atoms with Crippen molar-refractivity contribution >= 4 is 17.7 Å². The molecule has 0 bridgehead atoms. The van der Waals surface area contributed by atoms with Gasteiger partial charge in [0.2, 0.25) is 0 Å². The first-order valence-corrected chi connectivity index (χ1v) is 6.11. The van der Waals surface area contributed by atoms with Crippen LogP contribution in [0.5, 0.6) is 0 Å². The first-order valence-electron chi connectivity index (χ1n) is 4.96. The van der Waals surface area contributed by atoms with Gasteiger partial charge < -0.3 is 4.74 Å². The lowest BCUT2D eigenvalue weighted by Gasteiger charge is -2.35. The number of carbonyl (C=O) groups excluding carboxylic acids is 1. The molecule has 2 rings (SSSR count). The lowest BCUT2D eigenvalue weighted by molar-refractivity contribution is -0.155. The number of hydrogen-bond donors (Lipinski definition) is 0. The summed E-state index contributed by atoms with van der Waals surface area (Å²) in [4.78, 5) is 11.7. The van der Waals surface area contributed by atoms with Gasteiger partial charge in [0.15, 0.2) is 0 Å². The average Bonchev–Trinajstić information content (AvgIpc) is 2.61. The smallest absolute Gasteiger partial charge is 0.312 e. The van der Waals surface area contributed by atoms with Crippen molar-refractivity contribution in [2.45, 2.75) is 25.7 Å². The standard InChI is InChI=1S/C10H16O2S/c1-12-9(11)10-5-3-2-4-8(10)6-13-7-10/h8H,2-7H2,1H3. The first kappa shape index (κ1) is 9.38. The second kappa shape index (κ2) is 3.52. The lowest BCUT2D eigenvalue weighted by Crippen LogP contribution is -2.41. The summed E-state index contributed by atoms with van der Waals surface area (Å²) in [6.07, 6.45) is 4.77. The summed E-state index contributed by atoms with van der Waals surface area (Å²) in [5.41, 5.74) is -0.0995. The highest BCUT2D eigenvalue weighted by molar-refractivity contribution is 7.99. The summed E-state index contributed by atoms with van der Waals surface area (Å²) in [5, 5.41) is 0. The van der Waals surface area contributed by atoms with Gasteiger partial charge >= 0.3 is 5.97 Å². The quantitative estimate of drug-likeness (QED) is 0.606. The van der Waals surface area contributed by atoms with Crippen LogP contribution in [0.4, 0.5) is 0 Å². The number of esters is 1. The van der Waals surface area contributed by atoms with Crippen molar-refractivity contribution in [3.63, 3.8) is 0 Å². The van der Waals surface area contributed by atoms with E-state index in [1.807, 2.05) is 11.8 Å². The Morgan fingerprint density at radius 2 is 2.38 bits per heavy atom. The topological polar surface area (TPSA) is 26.3 Å². The maximum Gasteiger partial charge on any atom is 0.312 e. The molecule has 2 aliphatic rings. The third-order valence-electron chi connectivity index (χ3n) is 3.48. The molecule has 0 N–H and O–H groups in total. The Morgan fingerprint density at radius 3 is 3.15 bits per heavy atom. The largest absolute Gasteiger partial charge is 0.469 e. The van der Waals surface area contributed by atoms with E-state index in [-0.39, 0.29) is 11.4 Å². The highest BCUT2D eigenvalue weighted by Gasteiger charge is 2.51. The van der Waals surface area contributed by atoms with E-state index >= 15 is 0 Å². The molecule has 1 saturated carbocycles. The molecule has 0 aromatic rings. The molecule has 1 aliphatic heterocycles. The molecular weight excluding hydrogens is 184 g/mol. The number of ether oxygens (including phenoxy) is 1.